The average molecular weight is 341 g/mol. The van der Waals surface area contributed by atoms with Crippen LogP contribution in [0.25, 0.3) is 0 Å². The first-order chi connectivity index (χ1) is 12.1. The lowest BCUT2D eigenvalue weighted by Crippen LogP contribution is -2.34. The number of likely N-dealkylation sites (tertiary alicyclic amines) is 1. The van der Waals surface area contributed by atoms with Crippen LogP contribution in [0.2, 0.25) is 0 Å². The maximum absolute atomic E-state index is 13.5. The fraction of sp³-hybridized carbons (Fsp3) is 0.400. The summed E-state index contributed by atoms with van der Waals surface area (Å²) in [6.07, 6.45) is 5.98. The van der Waals surface area contributed by atoms with Gasteiger partial charge in [0.05, 0.1) is 0 Å². The van der Waals surface area contributed by atoms with Gasteiger partial charge in [-0.15, -0.1) is 0 Å². The number of benzene rings is 1. The summed E-state index contributed by atoms with van der Waals surface area (Å²) < 4.78 is 13.5. The third-order valence-corrected chi connectivity index (χ3v) is 4.81. The van der Waals surface area contributed by atoms with E-state index in [1.54, 1.807) is 18.3 Å². The van der Waals surface area contributed by atoms with Crippen molar-refractivity contribution in [2.75, 3.05) is 6.54 Å². The van der Waals surface area contributed by atoms with Crippen LogP contribution in [0.3, 0.4) is 0 Å². The summed E-state index contributed by atoms with van der Waals surface area (Å²) >= 11 is 0. The maximum Gasteiger partial charge on any atom is 0.223 e. The van der Waals surface area contributed by atoms with Gasteiger partial charge in [-0.2, -0.15) is 0 Å². The van der Waals surface area contributed by atoms with Crippen LogP contribution >= 0.6 is 0 Å². The smallest absolute Gasteiger partial charge is 0.223 e. The Morgan fingerprint density at radius 2 is 2.24 bits per heavy atom. The molecule has 2 heterocycles. The summed E-state index contributed by atoms with van der Waals surface area (Å²) in [4.78, 5) is 18.3. The van der Waals surface area contributed by atoms with Gasteiger partial charge in [0, 0.05) is 37.9 Å². The zero-order chi connectivity index (χ0) is 17.6. The molecule has 132 valence electrons. The van der Waals surface area contributed by atoms with E-state index in [9.17, 15) is 9.18 Å². The van der Waals surface area contributed by atoms with Crippen LogP contribution in [0.5, 0.6) is 0 Å². The number of halogens is 1. The van der Waals surface area contributed by atoms with Crippen molar-refractivity contribution >= 4 is 5.91 Å². The molecule has 1 aromatic carbocycles. The second-order valence-corrected chi connectivity index (χ2v) is 6.61. The van der Waals surface area contributed by atoms with Crippen molar-refractivity contribution in [3.05, 3.63) is 65.2 Å². The number of amides is 1. The number of nitrogens with one attached hydrogen (secondary N) is 1. The van der Waals surface area contributed by atoms with Crippen LogP contribution < -0.4 is 5.32 Å². The van der Waals surface area contributed by atoms with Gasteiger partial charge in [-0.25, -0.2) is 4.39 Å². The van der Waals surface area contributed by atoms with Crippen molar-refractivity contribution in [1.82, 2.24) is 15.2 Å². The summed E-state index contributed by atoms with van der Waals surface area (Å²) in [5.41, 5.74) is 3.07. The monoisotopic (exact) mass is 341 g/mol. The molecule has 4 nitrogen and oxygen atoms in total. The largest absolute Gasteiger partial charge is 0.335 e. The molecule has 25 heavy (non-hydrogen) atoms. The zero-order valence-electron chi connectivity index (χ0n) is 14.5. The van der Waals surface area contributed by atoms with Crippen LogP contribution in [0.4, 0.5) is 4.39 Å². The number of carbonyl (C=O) groups excluding carboxylic acids is 1. The van der Waals surface area contributed by atoms with Gasteiger partial charge in [-0.1, -0.05) is 12.1 Å². The summed E-state index contributed by atoms with van der Waals surface area (Å²) in [5.74, 6) is -0.0807. The number of pyridine rings is 1. The van der Waals surface area contributed by atoms with Crippen molar-refractivity contribution in [1.29, 1.82) is 0 Å². The number of aromatic nitrogens is 1. The van der Waals surface area contributed by atoms with Gasteiger partial charge >= 0.3 is 0 Å². The molecular formula is C20H24FN3O. The van der Waals surface area contributed by atoms with Gasteiger partial charge in [0.15, 0.2) is 0 Å². The van der Waals surface area contributed by atoms with Crippen molar-refractivity contribution in [3.8, 4) is 0 Å². The normalized spacial score (nSPS) is 17.3. The van der Waals surface area contributed by atoms with E-state index in [-0.39, 0.29) is 17.8 Å². The van der Waals surface area contributed by atoms with E-state index in [4.69, 9.17) is 0 Å². The molecule has 2 aromatic rings. The molecule has 5 heteroatoms. The first kappa shape index (κ1) is 17.5. The van der Waals surface area contributed by atoms with Crippen LogP contribution in [-0.2, 0) is 17.9 Å². The molecule has 1 amide bonds. The highest BCUT2D eigenvalue weighted by Crippen LogP contribution is 2.25. The van der Waals surface area contributed by atoms with Crippen molar-refractivity contribution in [3.63, 3.8) is 0 Å². The first-order valence-electron chi connectivity index (χ1n) is 8.77. The lowest BCUT2D eigenvalue weighted by atomic mass is 10.1. The molecule has 1 aliphatic rings. The Morgan fingerprint density at radius 3 is 3.04 bits per heavy atom. The highest BCUT2D eigenvalue weighted by Gasteiger charge is 2.30. The number of aryl methyl sites for hydroxylation is 1. The Hall–Kier alpha value is -2.27. The molecule has 0 aliphatic carbocycles. The first-order valence-corrected chi connectivity index (χ1v) is 8.77. The number of hydrogen-bond donors (Lipinski definition) is 1. The van der Waals surface area contributed by atoms with Crippen LogP contribution in [-0.4, -0.2) is 28.4 Å². The van der Waals surface area contributed by atoms with E-state index in [0.29, 0.717) is 13.0 Å². The Morgan fingerprint density at radius 1 is 1.36 bits per heavy atom. The van der Waals surface area contributed by atoms with E-state index >= 15 is 0 Å². The van der Waals surface area contributed by atoms with E-state index in [0.717, 1.165) is 42.6 Å². The van der Waals surface area contributed by atoms with Gasteiger partial charge in [-0.3, -0.25) is 9.78 Å². The third kappa shape index (κ3) is 4.63. The second kappa shape index (κ2) is 8.21. The van der Waals surface area contributed by atoms with Crippen LogP contribution in [0, 0.1) is 12.7 Å². The van der Waals surface area contributed by atoms with E-state index in [2.05, 4.69) is 10.3 Å². The Bertz CT molecular complexity index is 720. The zero-order valence-corrected chi connectivity index (χ0v) is 14.5. The van der Waals surface area contributed by atoms with Gasteiger partial charge in [0.2, 0.25) is 5.91 Å². The molecule has 3 rings (SSSR count). The number of nitrogens with zero attached hydrogens (tertiary/aromatic N) is 2. The average Bonchev–Trinajstić information content (AvgIpc) is 2.96. The van der Waals surface area contributed by atoms with Crippen molar-refractivity contribution in [2.45, 2.75) is 45.3 Å². The SMILES string of the molecule is Cc1ccc(F)cc1CN1C(=O)CCC1CCNCc1cccnc1. The fourth-order valence-electron chi connectivity index (χ4n) is 3.31. The third-order valence-electron chi connectivity index (χ3n) is 4.81. The number of hydrogen-bond acceptors (Lipinski definition) is 3. The minimum absolute atomic E-state index is 0.168. The lowest BCUT2D eigenvalue weighted by molar-refractivity contribution is -0.129. The summed E-state index contributed by atoms with van der Waals surface area (Å²) in [5, 5.41) is 3.41. The summed E-state index contributed by atoms with van der Waals surface area (Å²) in [6.45, 7) is 4.07. The lowest BCUT2D eigenvalue weighted by Gasteiger charge is -2.26. The highest BCUT2D eigenvalue weighted by atomic mass is 19.1. The van der Waals surface area contributed by atoms with Crippen LogP contribution in [0.15, 0.2) is 42.7 Å². The molecule has 1 fully saturated rings. The number of rotatable bonds is 7. The van der Waals surface area contributed by atoms with Crippen molar-refractivity contribution in [2.24, 2.45) is 0 Å². The quantitative estimate of drug-likeness (QED) is 0.787. The van der Waals surface area contributed by atoms with E-state index in [1.165, 1.54) is 6.07 Å². The summed E-state index contributed by atoms with van der Waals surface area (Å²) in [6, 6.07) is 8.96. The molecule has 1 aromatic heterocycles. The molecule has 1 N–H and O–H groups in total. The van der Waals surface area contributed by atoms with E-state index < -0.39 is 0 Å². The topological polar surface area (TPSA) is 45.2 Å². The van der Waals surface area contributed by atoms with Gasteiger partial charge in [0.1, 0.15) is 5.82 Å². The molecule has 1 saturated heterocycles. The molecular weight excluding hydrogens is 317 g/mol. The van der Waals surface area contributed by atoms with Gasteiger partial charge in [-0.05, 0) is 61.2 Å². The molecule has 0 spiro atoms. The standard InChI is InChI=1S/C20H24FN3O/c1-15-4-5-18(21)11-17(15)14-24-19(6-7-20(24)25)8-10-23-13-16-3-2-9-22-12-16/h2-5,9,11-12,19,23H,6-8,10,13-14H2,1H3. The Balaban J connectivity index is 1.53. The van der Waals surface area contributed by atoms with Gasteiger partial charge in [0.25, 0.3) is 0 Å². The van der Waals surface area contributed by atoms with Crippen LogP contribution in [0.1, 0.15) is 36.0 Å². The Labute approximate surface area is 148 Å². The molecule has 1 unspecified atom stereocenters. The predicted octanol–water partition coefficient (Wildman–Crippen LogP) is 3.20. The van der Waals surface area contributed by atoms with Gasteiger partial charge < -0.3 is 10.2 Å². The molecule has 1 atom stereocenters. The van der Waals surface area contributed by atoms with E-state index in [1.807, 2.05) is 30.2 Å². The molecule has 0 saturated carbocycles. The molecule has 0 bridgehead atoms. The van der Waals surface area contributed by atoms with Crippen molar-refractivity contribution < 1.29 is 9.18 Å². The minimum Gasteiger partial charge on any atom is -0.335 e. The molecule has 0 radical (unpaired) electrons. The summed E-state index contributed by atoms with van der Waals surface area (Å²) in [7, 11) is 0. The molecule has 1 aliphatic heterocycles. The number of carbonyl (C=O) groups is 1. The fourth-order valence-corrected chi connectivity index (χ4v) is 3.31. The Kier molecular flexibility index (Phi) is 5.76. The predicted molar refractivity (Wildman–Crippen MR) is 95.3 cm³/mol. The highest BCUT2D eigenvalue weighted by molar-refractivity contribution is 5.78. The minimum atomic E-state index is -0.248. The maximum atomic E-state index is 13.5. The second-order valence-electron chi connectivity index (χ2n) is 6.61.